The fourth-order valence-electron chi connectivity index (χ4n) is 3.33. The van der Waals surface area contributed by atoms with E-state index in [-0.39, 0.29) is 27.4 Å². The van der Waals surface area contributed by atoms with Gasteiger partial charge in [-0.2, -0.15) is 0 Å². The van der Waals surface area contributed by atoms with Crippen molar-refractivity contribution in [2.45, 2.75) is 38.1 Å². The molecule has 0 radical (unpaired) electrons. The third-order valence-corrected chi connectivity index (χ3v) is 6.87. The van der Waals surface area contributed by atoms with Crippen LogP contribution in [-0.2, 0) is 10.0 Å². The highest BCUT2D eigenvalue weighted by Crippen LogP contribution is 2.27. The van der Waals surface area contributed by atoms with E-state index in [1.54, 1.807) is 6.07 Å². The second-order valence-electron chi connectivity index (χ2n) is 7.41. The van der Waals surface area contributed by atoms with Gasteiger partial charge in [0.2, 0.25) is 0 Å². The summed E-state index contributed by atoms with van der Waals surface area (Å²) in [5.74, 6) is -0.365. The molecule has 31 heavy (non-hydrogen) atoms. The molecule has 0 bridgehead atoms. The van der Waals surface area contributed by atoms with Gasteiger partial charge in [-0.05, 0) is 55.7 Å². The molecular formula is C24H25ClN2O3S. The first kappa shape index (κ1) is 22.8. The van der Waals surface area contributed by atoms with Crippen LogP contribution in [0.2, 0.25) is 5.02 Å². The molecule has 0 unspecified atom stereocenters. The van der Waals surface area contributed by atoms with Crippen molar-refractivity contribution < 1.29 is 13.2 Å². The van der Waals surface area contributed by atoms with Gasteiger partial charge in [-0.15, -0.1) is 0 Å². The van der Waals surface area contributed by atoms with E-state index in [4.69, 9.17) is 11.6 Å². The van der Waals surface area contributed by atoms with Crippen LogP contribution in [0, 0.1) is 13.8 Å². The van der Waals surface area contributed by atoms with Crippen molar-refractivity contribution in [3.05, 3.63) is 94.0 Å². The van der Waals surface area contributed by atoms with Crippen molar-refractivity contribution in [3.8, 4) is 0 Å². The van der Waals surface area contributed by atoms with E-state index < -0.39 is 10.0 Å². The van der Waals surface area contributed by atoms with E-state index in [0.717, 1.165) is 16.7 Å². The third-order valence-electron chi connectivity index (χ3n) is 5.02. The second kappa shape index (κ2) is 9.54. The highest BCUT2D eigenvalue weighted by atomic mass is 35.5. The van der Waals surface area contributed by atoms with Gasteiger partial charge in [0, 0.05) is 5.56 Å². The first-order valence-corrected chi connectivity index (χ1v) is 11.8. The van der Waals surface area contributed by atoms with Crippen LogP contribution in [-0.4, -0.2) is 14.3 Å². The lowest BCUT2D eigenvalue weighted by molar-refractivity contribution is 0.0935. The molecule has 3 rings (SSSR count). The van der Waals surface area contributed by atoms with Gasteiger partial charge in [0.1, 0.15) is 4.90 Å². The highest BCUT2D eigenvalue weighted by molar-refractivity contribution is 7.92. The number of halogens is 1. The quantitative estimate of drug-likeness (QED) is 0.483. The van der Waals surface area contributed by atoms with Gasteiger partial charge in [-0.25, -0.2) is 8.42 Å². The Hall–Kier alpha value is -2.83. The van der Waals surface area contributed by atoms with Gasteiger partial charge in [-0.3, -0.25) is 9.52 Å². The molecule has 0 spiro atoms. The van der Waals surface area contributed by atoms with E-state index in [9.17, 15) is 13.2 Å². The summed E-state index contributed by atoms with van der Waals surface area (Å²) >= 11 is 6.19. The van der Waals surface area contributed by atoms with Crippen molar-refractivity contribution >= 4 is 33.2 Å². The van der Waals surface area contributed by atoms with Crippen molar-refractivity contribution in [2.24, 2.45) is 0 Å². The number of hydrogen-bond acceptors (Lipinski definition) is 3. The Morgan fingerprint density at radius 1 is 1.00 bits per heavy atom. The molecule has 0 aromatic heterocycles. The number of hydrogen-bond donors (Lipinski definition) is 2. The van der Waals surface area contributed by atoms with Crippen LogP contribution in [0.4, 0.5) is 5.69 Å². The van der Waals surface area contributed by atoms with E-state index >= 15 is 0 Å². The van der Waals surface area contributed by atoms with E-state index in [1.807, 2.05) is 63.2 Å². The average molecular weight is 457 g/mol. The molecule has 1 amide bonds. The maximum atomic E-state index is 13.0. The fraction of sp³-hybridized carbons (Fsp3) is 0.208. The van der Waals surface area contributed by atoms with Crippen molar-refractivity contribution in [1.29, 1.82) is 0 Å². The predicted molar refractivity (Wildman–Crippen MR) is 125 cm³/mol. The lowest BCUT2D eigenvalue weighted by Crippen LogP contribution is -2.28. The number of aryl methyl sites for hydroxylation is 2. The standard InChI is InChI=1S/C24H25ClN2O3S/c1-4-21(18-8-6-5-7-9-18)26-24(28)19-11-12-20(25)23(15-19)31(29,30)27-22-13-10-16(2)14-17(22)3/h5-15,21,27H,4H2,1-3H3,(H,26,28)/t21-/m0/s1. The molecule has 0 aliphatic carbocycles. The molecule has 1 atom stereocenters. The number of carbonyl (C=O) groups is 1. The highest BCUT2D eigenvalue weighted by Gasteiger charge is 2.22. The largest absolute Gasteiger partial charge is 0.345 e. The Labute approximate surface area is 188 Å². The van der Waals surface area contributed by atoms with Gasteiger partial charge in [-0.1, -0.05) is 66.6 Å². The Morgan fingerprint density at radius 2 is 1.71 bits per heavy atom. The summed E-state index contributed by atoms with van der Waals surface area (Å²) in [4.78, 5) is 12.7. The van der Waals surface area contributed by atoms with E-state index in [2.05, 4.69) is 10.0 Å². The fourth-order valence-corrected chi connectivity index (χ4v) is 4.98. The van der Waals surface area contributed by atoms with Gasteiger partial charge >= 0.3 is 0 Å². The van der Waals surface area contributed by atoms with Crippen molar-refractivity contribution in [1.82, 2.24) is 5.32 Å². The number of carbonyl (C=O) groups excluding carboxylic acids is 1. The zero-order valence-electron chi connectivity index (χ0n) is 17.6. The summed E-state index contributed by atoms with van der Waals surface area (Å²) in [6.45, 7) is 5.73. The molecule has 0 saturated heterocycles. The van der Waals surface area contributed by atoms with Gasteiger partial charge in [0.15, 0.2) is 0 Å². The molecule has 7 heteroatoms. The first-order chi connectivity index (χ1) is 14.7. The molecule has 0 aliphatic rings. The second-order valence-corrected chi connectivity index (χ2v) is 9.47. The minimum absolute atomic E-state index is 0.0453. The molecule has 5 nitrogen and oxygen atoms in total. The summed E-state index contributed by atoms with van der Waals surface area (Å²) in [5, 5.41) is 3.01. The lowest BCUT2D eigenvalue weighted by Gasteiger charge is -2.18. The van der Waals surface area contributed by atoms with Gasteiger partial charge < -0.3 is 5.32 Å². The third kappa shape index (κ3) is 5.46. The molecule has 0 heterocycles. The Morgan fingerprint density at radius 3 is 2.35 bits per heavy atom. The maximum absolute atomic E-state index is 13.0. The number of sulfonamides is 1. The number of nitrogens with one attached hydrogen (secondary N) is 2. The van der Waals surface area contributed by atoms with Crippen LogP contribution >= 0.6 is 11.6 Å². The van der Waals surface area contributed by atoms with Crippen LogP contribution in [0.15, 0.2) is 71.6 Å². The zero-order valence-corrected chi connectivity index (χ0v) is 19.2. The molecule has 3 aromatic rings. The summed E-state index contributed by atoms with van der Waals surface area (Å²) in [5.41, 5.74) is 3.49. The smallest absolute Gasteiger partial charge is 0.263 e. The van der Waals surface area contributed by atoms with Crippen LogP contribution in [0.3, 0.4) is 0 Å². The van der Waals surface area contributed by atoms with Gasteiger partial charge in [0.05, 0.1) is 16.8 Å². The number of rotatable bonds is 7. The van der Waals surface area contributed by atoms with Crippen LogP contribution < -0.4 is 10.0 Å². The number of benzene rings is 3. The van der Waals surface area contributed by atoms with Crippen molar-refractivity contribution in [3.63, 3.8) is 0 Å². The Kier molecular flexibility index (Phi) is 7.03. The Bertz CT molecular complexity index is 1190. The first-order valence-electron chi connectivity index (χ1n) is 9.96. The number of anilines is 1. The molecule has 0 saturated carbocycles. The van der Waals surface area contributed by atoms with E-state index in [1.165, 1.54) is 18.2 Å². The maximum Gasteiger partial charge on any atom is 0.263 e. The summed E-state index contributed by atoms with van der Waals surface area (Å²) in [6.07, 6.45) is 0.697. The molecule has 162 valence electrons. The van der Waals surface area contributed by atoms with Crippen LogP contribution in [0.25, 0.3) is 0 Å². The topological polar surface area (TPSA) is 75.3 Å². The normalized spacial score (nSPS) is 12.3. The van der Waals surface area contributed by atoms with Crippen LogP contribution in [0.5, 0.6) is 0 Å². The van der Waals surface area contributed by atoms with E-state index in [0.29, 0.717) is 12.1 Å². The Balaban J connectivity index is 1.87. The molecule has 0 aliphatic heterocycles. The SMILES string of the molecule is CC[C@H](NC(=O)c1ccc(Cl)c(S(=O)(=O)Nc2ccc(C)cc2C)c1)c1ccccc1. The molecule has 0 fully saturated rings. The summed E-state index contributed by atoms with van der Waals surface area (Å²) < 4.78 is 28.6. The monoisotopic (exact) mass is 456 g/mol. The minimum Gasteiger partial charge on any atom is -0.345 e. The predicted octanol–water partition coefficient (Wildman–Crippen LogP) is 5.64. The molecular weight excluding hydrogens is 432 g/mol. The van der Waals surface area contributed by atoms with Crippen LogP contribution in [0.1, 0.15) is 46.4 Å². The van der Waals surface area contributed by atoms with Crippen molar-refractivity contribution in [2.75, 3.05) is 4.72 Å². The summed E-state index contributed by atoms with van der Waals surface area (Å²) in [6, 6.07) is 19.1. The zero-order chi connectivity index (χ0) is 22.6. The number of amides is 1. The summed E-state index contributed by atoms with van der Waals surface area (Å²) in [7, 11) is -3.98. The molecule has 2 N–H and O–H groups in total. The minimum atomic E-state index is -3.98. The lowest BCUT2D eigenvalue weighted by atomic mass is 10.0. The van der Waals surface area contributed by atoms with Gasteiger partial charge in [0.25, 0.3) is 15.9 Å². The molecule has 3 aromatic carbocycles. The average Bonchev–Trinajstić information content (AvgIpc) is 2.74.